The Morgan fingerprint density at radius 2 is 2.00 bits per heavy atom. The summed E-state index contributed by atoms with van der Waals surface area (Å²) in [6.07, 6.45) is 7.52. The number of hydrogen-bond donors (Lipinski definition) is 2. The van der Waals surface area contributed by atoms with Crippen LogP contribution >= 0.6 is 0 Å². The summed E-state index contributed by atoms with van der Waals surface area (Å²) in [6.45, 7) is 6.23. The lowest BCUT2D eigenvalue weighted by Gasteiger charge is -2.34. The van der Waals surface area contributed by atoms with Gasteiger partial charge in [0.1, 0.15) is 12.4 Å². The summed E-state index contributed by atoms with van der Waals surface area (Å²) in [6, 6.07) is 10.5. The molecule has 2 heterocycles. The Morgan fingerprint density at radius 3 is 2.70 bits per heavy atom. The molecule has 1 saturated heterocycles. The number of aliphatic imine (C=N–C) groups is 1. The second kappa shape index (κ2) is 11.4. The van der Waals surface area contributed by atoms with E-state index in [9.17, 15) is 4.79 Å². The quantitative estimate of drug-likeness (QED) is 0.518. The second-order valence-electron chi connectivity index (χ2n) is 7.75. The van der Waals surface area contributed by atoms with E-state index in [0.29, 0.717) is 18.9 Å². The normalized spacial score (nSPS) is 15.3. The van der Waals surface area contributed by atoms with Gasteiger partial charge in [0.15, 0.2) is 5.96 Å². The van der Waals surface area contributed by atoms with Gasteiger partial charge < -0.3 is 20.1 Å². The molecular formula is C23H34N6O. The average Bonchev–Trinajstić information content (AvgIpc) is 3.24. The number of nitrogens with one attached hydrogen (secondary N) is 2. The number of nitrogens with zero attached hydrogens (tertiary/aromatic N) is 4. The molecule has 0 radical (unpaired) electrons. The third kappa shape index (κ3) is 6.34. The van der Waals surface area contributed by atoms with Crippen LogP contribution in [0.5, 0.6) is 0 Å². The van der Waals surface area contributed by atoms with E-state index in [1.165, 1.54) is 5.56 Å². The lowest BCUT2D eigenvalue weighted by Crippen LogP contribution is -2.46. The molecule has 1 aromatic carbocycles. The van der Waals surface area contributed by atoms with Gasteiger partial charge in [-0.3, -0.25) is 4.79 Å². The van der Waals surface area contributed by atoms with E-state index < -0.39 is 0 Å². The first kappa shape index (κ1) is 21.9. The number of likely N-dealkylation sites (tertiary alicyclic amines) is 1. The van der Waals surface area contributed by atoms with Gasteiger partial charge in [-0.2, -0.15) is 0 Å². The van der Waals surface area contributed by atoms with E-state index in [2.05, 4.69) is 56.3 Å². The molecule has 30 heavy (non-hydrogen) atoms. The van der Waals surface area contributed by atoms with Crippen molar-refractivity contribution in [2.45, 2.75) is 45.7 Å². The highest BCUT2D eigenvalue weighted by Crippen LogP contribution is 2.20. The number of aromatic nitrogens is 2. The molecule has 7 nitrogen and oxygen atoms in total. The van der Waals surface area contributed by atoms with Crippen LogP contribution in [0.3, 0.4) is 0 Å². The maximum atomic E-state index is 11.6. The van der Waals surface area contributed by atoms with Crippen LogP contribution in [-0.4, -0.2) is 53.0 Å². The Labute approximate surface area is 179 Å². The molecule has 0 aliphatic carbocycles. The fraction of sp³-hybridized carbons (Fsp3) is 0.522. The smallest absolute Gasteiger partial charge is 0.220 e. The molecule has 162 valence electrons. The topological polar surface area (TPSA) is 74.5 Å². The zero-order chi connectivity index (χ0) is 21.2. The number of hydrogen-bond acceptors (Lipinski definition) is 3. The first-order valence-electron chi connectivity index (χ1n) is 11.0. The summed E-state index contributed by atoms with van der Waals surface area (Å²) in [4.78, 5) is 23.3. The van der Waals surface area contributed by atoms with Crippen molar-refractivity contribution >= 4 is 11.9 Å². The summed E-state index contributed by atoms with van der Waals surface area (Å²) < 4.78 is 2.19. The second-order valence-corrected chi connectivity index (χ2v) is 7.75. The predicted molar refractivity (Wildman–Crippen MR) is 120 cm³/mol. The number of benzene rings is 1. The molecule has 1 aromatic heterocycles. The maximum Gasteiger partial charge on any atom is 0.220 e. The van der Waals surface area contributed by atoms with E-state index >= 15 is 0 Å². The van der Waals surface area contributed by atoms with Crippen LogP contribution in [0.4, 0.5) is 0 Å². The lowest BCUT2D eigenvalue weighted by atomic mass is 9.93. The number of carbonyl (C=O) groups excluding carboxylic acids is 1. The summed E-state index contributed by atoms with van der Waals surface area (Å²) >= 11 is 0. The Kier molecular flexibility index (Phi) is 8.30. The molecule has 0 spiro atoms. The van der Waals surface area contributed by atoms with Gasteiger partial charge in [0, 0.05) is 52.0 Å². The maximum absolute atomic E-state index is 11.6. The summed E-state index contributed by atoms with van der Waals surface area (Å²) in [5, 5.41) is 6.15. The molecule has 7 heteroatoms. The highest BCUT2D eigenvalue weighted by Gasteiger charge is 2.23. The fourth-order valence-corrected chi connectivity index (χ4v) is 3.87. The molecule has 1 amide bonds. The molecule has 0 saturated carbocycles. The molecule has 2 N–H and O–H groups in total. The monoisotopic (exact) mass is 410 g/mol. The number of imidazole rings is 1. The van der Waals surface area contributed by atoms with Crippen molar-refractivity contribution in [2.24, 2.45) is 10.9 Å². The van der Waals surface area contributed by atoms with Gasteiger partial charge in [0.25, 0.3) is 0 Å². The third-order valence-electron chi connectivity index (χ3n) is 5.66. The van der Waals surface area contributed by atoms with E-state index in [-0.39, 0.29) is 5.91 Å². The SMILES string of the molecule is CCNC(=NCc1nccn1CCc1ccccc1)N1CCC(CC(=O)NC)CC1. The Morgan fingerprint density at radius 1 is 1.23 bits per heavy atom. The van der Waals surface area contributed by atoms with Gasteiger partial charge in [-0.05, 0) is 37.7 Å². The van der Waals surface area contributed by atoms with E-state index in [1.54, 1.807) is 7.05 Å². The number of rotatable bonds is 8. The predicted octanol–water partition coefficient (Wildman–Crippen LogP) is 2.44. The summed E-state index contributed by atoms with van der Waals surface area (Å²) in [5.41, 5.74) is 1.33. The molecule has 1 fully saturated rings. The molecular weight excluding hydrogens is 376 g/mol. The van der Waals surface area contributed by atoms with Crippen LogP contribution in [-0.2, 0) is 24.3 Å². The highest BCUT2D eigenvalue weighted by atomic mass is 16.1. The Hall–Kier alpha value is -2.83. The van der Waals surface area contributed by atoms with Gasteiger partial charge in [-0.25, -0.2) is 9.98 Å². The minimum absolute atomic E-state index is 0.136. The minimum atomic E-state index is 0.136. The van der Waals surface area contributed by atoms with Crippen LogP contribution in [0, 0.1) is 5.92 Å². The van der Waals surface area contributed by atoms with Crippen LogP contribution in [0.1, 0.15) is 37.6 Å². The van der Waals surface area contributed by atoms with Crippen LogP contribution < -0.4 is 10.6 Å². The van der Waals surface area contributed by atoms with Gasteiger partial charge >= 0.3 is 0 Å². The minimum Gasteiger partial charge on any atom is -0.359 e. The lowest BCUT2D eigenvalue weighted by molar-refractivity contribution is -0.121. The zero-order valence-corrected chi connectivity index (χ0v) is 18.2. The Balaban J connectivity index is 1.56. The van der Waals surface area contributed by atoms with Crippen LogP contribution in [0.15, 0.2) is 47.7 Å². The van der Waals surface area contributed by atoms with E-state index in [0.717, 1.165) is 57.2 Å². The molecule has 1 aliphatic rings. The molecule has 3 rings (SSSR count). The number of carbonyl (C=O) groups is 1. The van der Waals surface area contributed by atoms with Gasteiger partial charge in [-0.15, -0.1) is 0 Å². The van der Waals surface area contributed by atoms with Crippen LogP contribution in [0.25, 0.3) is 0 Å². The Bertz CT molecular complexity index is 808. The van der Waals surface area contributed by atoms with Gasteiger partial charge in [-0.1, -0.05) is 30.3 Å². The van der Waals surface area contributed by atoms with Crippen molar-refractivity contribution in [1.29, 1.82) is 0 Å². The van der Waals surface area contributed by atoms with Gasteiger partial charge in [0.2, 0.25) is 5.91 Å². The molecule has 0 unspecified atom stereocenters. The summed E-state index contributed by atoms with van der Waals surface area (Å²) in [7, 11) is 1.71. The van der Waals surface area contributed by atoms with Crippen molar-refractivity contribution < 1.29 is 4.79 Å². The van der Waals surface area contributed by atoms with Crippen molar-refractivity contribution in [3.05, 3.63) is 54.1 Å². The van der Waals surface area contributed by atoms with Crippen molar-refractivity contribution in [1.82, 2.24) is 25.1 Å². The van der Waals surface area contributed by atoms with Crippen molar-refractivity contribution in [2.75, 3.05) is 26.7 Å². The third-order valence-corrected chi connectivity index (χ3v) is 5.66. The number of guanidine groups is 1. The van der Waals surface area contributed by atoms with Crippen molar-refractivity contribution in [3.8, 4) is 0 Å². The fourth-order valence-electron chi connectivity index (χ4n) is 3.87. The molecule has 2 aromatic rings. The number of amides is 1. The molecule has 0 atom stereocenters. The molecule has 1 aliphatic heterocycles. The number of piperidine rings is 1. The first-order valence-corrected chi connectivity index (χ1v) is 11.0. The molecule has 0 bridgehead atoms. The van der Waals surface area contributed by atoms with Gasteiger partial charge in [0.05, 0.1) is 0 Å². The van der Waals surface area contributed by atoms with E-state index in [4.69, 9.17) is 4.99 Å². The average molecular weight is 411 g/mol. The standard InChI is InChI=1S/C23H34N6O/c1-3-25-23(29-14-10-20(11-15-29)17-22(30)24-2)27-18-21-26-12-16-28(21)13-9-19-7-5-4-6-8-19/h4-8,12,16,20H,3,9-11,13-15,17-18H2,1-2H3,(H,24,30)(H,25,27). The van der Waals surface area contributed by atoms with E-state index in [1.807, 2.05) is 18.5 Å². The zero-order valence-electron chi connectivity index (χ0n) is 18.2. The number of aryl methyl sites for hydroxylation is 2. The highest BCUT2D eigenvalue weighted by molar-refractivity contribution is 5.80. The largest absolute Gasteiger partial charge is 0.359 e. The van der Waals surface area contributed by atoms with Crippen LogP contribution in [0.2, 0.25) is 0 Å². The van der Waals surface area contributed by atoms with Crippen molar-refractivity contribution in [3.63, 3.8) is 0 Å². The summed E-state index contributed by atoms with van der Waals surface area (Å²) in [5.74, 6) is 2.52. The first-order chi connectivity index (χ1) is 14.7.